The van der Waals surface area contributed by atoms with E-state index < -0.39 is 72.7 Å². The van der Waals surface area contributed by atoms with Crippen LogP contribution in [0.2, 0.25) is 0 Å². The Balaban J connectivity index is 0.000000426. The molecular formula is C31H61N5O9. The molecule has 0 amide bonds. The summed E-state index contributed by atoms with van der Waals surface area (Å²) in [5.74, 6) is -0.105. The zero-order chi connectivity index (χ0) is 33.6. The summed E-state index contributed by atoms with van der Waals surface area (Å²) in [6, 6.07) is -2.37. The van der Waals surface area contributed by atoms with Gasteiger partial charge in [0.05, 0.1) is 25.2 Å². The predicted molar refractivity (Wildman–Crippen MR) is 170 cm³/mol. The van der Waals surface area contributed by atoms with Crippen LogP contribution in [0.5, 0.6) is 0 Å². The van der Waals surface area contributed by atoms with E-state index >= 15 is 0 Å². The van der Waals surface area contributed by atoms with Crippen LogP contribution in [-0.4, -0.2) is 113 Å². The minimum absolute atomic E-state index is 0.0727. The number of nitrogens with two attached hydrogens (primary N) is 4. The molecule has 0 unspecified atom stereocenters. The fraction of sp³-hybridized carbons (Fsp3) is 0.903. The molecule has 14 heteroatoms. The molecule has 0 bridgehead atoms. The molecule has 45 heavy (non-hydrogen) atoms. The minimum atomic E-state index is -1.29. The maximum atomic E-state index is 11.0. The molecule has 1 saturated carbocycles. The molecule has 13 N–H and O–H groups in total. The number of aliphatic carboxylic acids is 1. The van der Waals surface area contributed by atoms with Gasteiger partial charge in [-0.15, -0.1) is 0 Å². The Morgan fingerprint density at radius 1 is 0.956 bits per heavy atom. The summed E-state index contributed by atoms with van der Waals surface area (Å²) in [7, 11) is 1.62. The van der Waals surface area contributed by atoms with Crippen molar-refractivity contribution in [1.29, 1.82) is 0 Å². The molecule has 11 atom stereocenters. The number of hydrogen-bond acceptors (Lipinski definition) is 13. The van der Waals surface area contributed by atoms with Gasteiger partial charge in [-0.25, -0.2) is 0 Å². The van der Waals surface area contributed by atoms with E-state index in [1.54, 1.807) is 20.0 Å². The Labute approximate surface area is 268 Å². The van der Waals surface area contributed by atoms with E-state index in [0.717, 1.165) is 12.8 Å². The molecule has 14 nitrogen and oxygen atoms in total. The molecule has 0 aromatic rings. The van der Waals surface area contributed by atoms with E-state index in [2.05, 4.69) is 12.2 Å². The van der Waals surface area contributed by atoms with Gasteiger partial charge >= 0.3 is 5.97 Å². The monoisotopic (exact) mass is 647 g/mol. The van der Waals surface area contributed by atoms with Crippen molar-refractivity contribution in [2.75, 3.05) is 20.2 Å². The van der Waals surface area contributed by atoms with Gasteiger partial charge in [-0.3, -0.25) is 4.79 Å². The van der Waals surface area contributed by atoms with E-state index in [-0.39, 0.29) is 13.2 Å². The predicted octanol–water partition coefficient (Wildman–Crippen LogP) is 0.140. The summed E-state index contributed by atoms with van der Waals surface area (Å²) in [4.78, 5) is 10.2. The van der Waals surface area contributed by atoms with Crippen molar-refractivity contribution in [1.82, 2.24) is 5.32 Å². The maximum Gasteiger partial charge on any atom is 0.303 e. The van der Waals surface area contributed by atoms with E-state index in [9.17, 15) is 20.1 Å². The molecule has 264 valence electrons. The Bertz CT molecular complexity index is 882. The summed E-state index contributed by atoms with van der Waals surface area (Å²) in [5, 5.41) is 43.3. The first-order chi connectivity index (χ1) is 21.4. The fourth-order valence-corrected chi connectivity index (χ4v) is 6.02. The standard InChI is InChI=1S/C19H37N5O7.C12H24O2/c1-19(27)7-28-18(13(26)16(19)24-2)31-15-11(23)5-10(22)14(12(15)25)30-17-9(21)4-3-8(6-20)29-17;1-2-3-4-5-6-7-8-9-10-11-12(13)14/h3,9-18,24-27H,4-7,20-23H2,1-2H3;2-11H2,1H3,(H,13,14)/t9-,10+,11-,12+,13-,14-,15+,16-,17-,18-,19+;/m1./s1. The van der Waals surface area contributed by atoms with Crippen LogP contribution in [0.15, 0.2) is 11.8 Å². The van der Waals surface area contributed by atoms with Crippen molar-refractivity contribution in [2.24, 2.45) is 22.9 Å². The van der Waals surface area contributed by atoms with Crippen LogP contribution >= 0.6 is 0 Å². The Morgan fingerprint density at radius 2 is 1.51 bits per heavy atom. The number of carbonyl (C=O) groups is 1. The Morgan fingerprint density at radius 3 is 2.04 bits per heavy atom. The molecule has 0 aromatic heterocycles. The first-order valence-corrected chi connectivity index (χ1v) is 16.6. The lowest BCUT2D eigenvalue weighted by molar-refractivity contribution is -0.303. The Kier molecular flexibility index (Phi) is 17.7. The summed E-state index contributed by atoms with van der Waals surface area (Å²) < 4.78 is 23.1. The smallest absolute Gasteiger partial charge is 0.303 e. The number of aliphatic hydroxyl groups is 3. The minimum Gasteiger partial charge on any atom is -0.481 e. The van der Waals surface area contributed by atoms with E-state index in [1.165, 1.54) is 44.9 Å². The number of nitrogens with one attached hydrogen (secondary N) is 1. The van der Waals surface area contributed by atoms with Crippen molar-refractivity contribution in [3.8, 4) is 0 Å². The number of hydrogen-bond donors (Lipinski definition) is 9. The van der Waals surface area contributed by atoms with Crippen LogP contribution in [0.1, 0.15) is 90.9 Å². The van der Waals surface area contributed by atoms with Gasteiger partial charge in [-0.1, -0.05) is 58.3 Å². The van der Waals surface area contributed by atoms with Crippen molar-refractivity contribution in [3.63, 3.8) is 0 Å². The second-order valence-corrected chi connectivity index (χ2v) is 12.8. The quantitative estimate of drug-likeness (QED) is 0.101. The van der Waals surface area contributed by atoms with Gasteiger partial charge in [0.2, 0.25) is 6.29 Å². The number of carboxylic acid groups (broad SMARTS) is 1. The third-order valence-electron chi connectivity index (χ3n) is 8.72. The van der Waals surface area contributed by atoms with E-state index in [4.69, 9.17) is 47.0 Å². The summed E-state index contributed by atoms with van der Waals surface area (Å²) in [5.41, 5.74) is 22.9. The first-order valence-electron chi connectivity index (χ1n) is 16.6. The number of carboxylic acids is 1. The van der Waals surface area contributed by atoms with Crippen LogP contribution < -0.4 is 28.3 Å². The van der Waals surface area contributed by atoms with Crippen molar-refractivity contribution in [2.45, 2.75) is 158 Å². The van der Waals surface area contributed by atoms with Gasteiger partial charge in [0.1, 0.15) is 35.8 Å². The molecule has 3 aliphatic rings. The van der Waals surface area contributed by atoms with Crippen molar-refractivity contribution >= 4 is 5.97 Å². The van der Waals surface area contributed by atoms with Gasteiger partial charge in [-0.05, 0) is 39.3 Å². The number of aliphatic hydroxyl groups excluding tert-OH is 2. The normalized spacial score (nSPS) is 36.8. The molecule has 0 spiro atoms. The van der Waals surface area contributed by atoms with Gasteiger partial charge in [-0.2, -0.15) is 0 Å². The molecule has 2 aliphatic heterocycles. The largest absolute Gasteiger partial charge is 0.481 e. The van der Waals surface area contributed by atoms with Crippen LogP contribution in [0.3, 0.4) is 0 Å². The number of rotatable bonds is 16. The van der Waals surface area contributed by atoms with Gasteiger partial charge < -0.3 is 67.6 Å². The highest BCUT2D eigenvalue weighted by atomic mass is 16.7. The van der Waals surface area contributed by atoms with E-state index in [1.807, 2.05) is 0 Å². The third-order valence-corrected chi connectivity index (χ3v) is 8.72. The molecular weight excluding hydrogens is 586 g/mol. The highest BCUT2D eigenvalue weighted by molar-refractivity contribution is 5.66. The lowest BCUT2D eigenvalue weighted by Crippen LogP contribution is -2.68. The van der Waals surface area contributed by atoms with Crippen LogP contribution in [0.25, 0.3) is 0 Å². The van der Waals surface area contributed by atoms with Crippen LogP contribution in [0.4, 0.5) is 0 Å². The van der Waals surface area contributed by atoms with Gasteiger partial charge in [0.15, 0.2) is 6.29 Å². The first kappa shape index (κ1) is 39.7. The van der Waals surface area contributed by atoms with Crippen molar-refractivity contribution in [3.05, 3.63) is 11.8 Å². The summed E-state index contributed by atoms with van der Waals surface area (Å²) in [6.07, 6.45) is 7.92. The summed E-state index contributed by atoms with van der Waals surface area (Å²) in [6.45, 7) is 3.91. The number of likely N-dealkylation sites (N-methyl/N-ethyl adjacent to an activating group) is 1. The Hall–Kier alpha value is -1.43. The lowest BCUT2D eigenvalue weighted by Gasteiger charge is -2.48. The molecule has 2 heterocycles. The zero-order valence-corrected chi connectivity index (χ0v) is 27.4. The van der Waals surface area contributed by atoms with Crippen molar-refractivity contribution < 1.29 is 44.2 Å². The lowest BCUT2D eigenvalue weighted by atomic mass is 9.84. The average Bonchev–Trinajstić information content (AvgIpc) is 2.98. The van der Waals surface area contributed by atoms with E-state index in [0.29, 0.717) is 25.0 Å². The van der Waals surface area contributed by atoms with Gasteiger partial charge in [0, 0.05) is 18.5 Å². The summed E-state index contributed by atoms with van der Waals surface area (Å²) >= 11 is 0. The van der Waals surface area contributed by atoms with Gasteiger partial charge in [0.25, 0.3) is 0 Å². The van der Waals surface area contributed by atoms with Crippen LogP contribution in [0, 0.1) is 0 Å². The molecule has 1 saturated heterocycles. The van der Waals surface area contributed by atoms with Crippen LogP contribution in [-0.2, 0) is 23.7 Å². The number of ether oxygens (including phenoxy) is 4. The molecule has 2 fully saturated rings. The third kappa shape index (κ3) is 12.6. The maximum absolute atomic E-state index is 11.0. The second kappa shape index (κ2) is 20.1. The second-order valence-electron chi connectivity index (χ2n) is 12.8. The number of unbranched alkanes of at least 4 members (excludes halogenated alkanes) is 8. The highest BCUT2D eigenvalue weighted by Gasteiger charge is 2.50. The SMILES string of the molecule is CCCCCCCCCCCC(=O)O.CN[C@@H]1[C@@H](O)[C@@H](O[C@@H]2[C@@H](O)[C@H](O[C@H]3OC(CN)=CC[C@H]3N)[C@@H](N)C[C@H]2N)OC[C@]1(C)O. The highest BCUT2D eigenvalue weighted by Crippen LogP contribution is 2.31. The molecule has 0 aromatic carbocycles. The molecule has 3 rings (SSSR count). The zero-order valence-electron chi connectivity index (χ0n) is 27.4. The molecule has 1 aliphatic carbocycles. The average molecular weight is 648 g/mol. The fourth-order valence-electron chi connectivity index (χ4n) is 6.02. The molecule has 0 radical (unpaired) electrons. The topological polar surface area (TPSA) is 251 Å².